The number of thioether (sulfide) groups is 2. The van der Waals surface area contributed by atoms with Crippen molar-refractivity contribution in [3.8, 4) is 0 Å². The summed E-state index contributed by atoms with van der Waals surface area (Å²) in [7, 11) is 1.52. The second-order valence-electron chi connectivity index (χ2n) is 4.97. The van der Waals surface area contributed by atoms with Crippen molar-refractivity contribution in [3.63, 3.8) is 0 Å². The first-order chi connectivity index (χ1) is 7.84. The van der Waals surface area contributed by atoms with Crippen LogP contribution in [0.25, 0.3) is 0 Å². The summed E-state index contributed by atoms with van der Waals surface area (Å²) in [6.07, 6.45) is -0.521. The molecule has 0 saturated carbocycles. The standard InChI is InChI=1S/C11H20N2O2S2/c1-7-6-16-9(17-7)8(11(2,3)4)13-15-10(14)12-5/h7,9H,6H2,1-5H3,(H,12,14). The fraction of sp³-hybridized carbons (Fsp3) is 0.818. The topological polar surface area (TPSA) is 50.7 Å². The molecular formula is C11H20N2O2S2. The number of hydrogen-bond acceptors (Lipinski definition) is 5. The van der Waals surface area contributed by atoms with Gasteiger partial charge in [0.15, 0.2) is 0 Å². The lowest BCUT2D eigenvalue weighted by Crippen LogP contribution is -2.29. The summed E-state index contributed by atoms with van der Waals surface area (Å²) in [5.74, 6) is 1.12. The van der Waals surface area contributed by atoms with E-state index in [1.54, 1.807) is 0 Å². The van der Waals surface area contributed by atoms with Gasteiger partial charge in [0.25, 0.3) is 0 Å². The molecule has 2 atom stereocenters. The quantitative estimate of drug-likeness (QED) is 0.478. The van der Waals surface area contributed by atoms with Crippen molar-refractivity contribution < 1.29 is 9.63 Å². The smallest absolute Gasteiger partial charge is 0.323 e. The first kappa shape index (κ1) is 14.7. The number of rotatable bonds is 2. The molecule has 1 rings (SSSR count). The molecule has 1 fully saturated rings. The Bertz CT molecular complexity index is 313. The van der Waals surface area contributed by atoms with Crippen LogP contribution in [0.4, 0.5) is 4.79 Å². The van der Waals surface area contributed by atoms with Crippen molar-refractivity contribution in [1.29, 1.82) is 0 Å². The second-order valence-corrected chi connectivity index (χ2v) is 7.95. The van der Waals surface area contributed by atoms with Crippen LogP contribution in [0.3, 0.4) is 0 Å². The molecule has 4 nitrogen and oxygen atoms in total. The van der Waals surface area contributed by atoms with Gasteiger partial charge in [0.2, 0.25) is 0 Å². The van der Waals surface area contributed by atoms with Crippen LogP contribution in [-0.4, -0.2) is 34.4 Å². The van der Waals surface area contributed by atoms with Gasteiger partial charge in [0.1, 0.15) is 0 Å². The highest BCUT2D eigenvalue weighted by Crippen LogP contribution is 2.42. The Morgan fingerprint density at radius 2 is 2.12 bits per heavy atom. The fourth-order valence-electron chi connectivity index (χ4n) is 1.33. The largest absolute Gasteiger partial charge is 0.433 e. The summed E-state index contributed by atoms with van der Waals surface area (Å²) in [5.41, 5.74) is 0.836. The highest BCUT2D eigenvalue weighted by atomic mass is 32.2. The molecule has 2 unspecified atom stereocenters. The fourth-order valence-corrected chi connectivity index (χ4v) is 4.94. The van der Waals surface area contributed by atoms with E-state index < -0.39 is 6.09 Å². The number of carbonyl (C=O) groups excluding carboxylic acids is 1. The minimum atomic E-state index is -0.521. The normalized spacial score (nSPS) is 25.8. The van der Waals surface area contributed by atoms with Crippen molar-refractivity contribution in [2.24, 2.45) is 10.6 Å². The summed E-state index contributed by atoms with van der Waals surface area (Å²) in [5, 5.41) is 7.06. The maximum Gasteiger partial charge on any atom is 0.433 e. The van der Waals surface area contributed by atoms with Crippen LogP contribution in [0, 0.1) is 5.41 Å². The molecule has 0 aromatic rings. The van der Waals surface area contributed by atoms with E-state index in [2.05, 4.69) is 38.2 Å². The van der Waals surface area contributed by atoms with Gasteiger partial charge >= 0.3 is 6.09 Å². The minimum absolute atomic E-state index is 0.0945. The van der Waals surface area contributed by atoms with E-state index in [-0.39, 0.29) is 10.00 Å². The molecular weight excluding hydrogens is 256 g/mol. The first-order valence-electron chi connectivity index (χ1n) is 5.58. The zero-order chi connectivity index (χ0) is 13.1. The molecule has 6 heteroatoms. The molecule has 0 aliphatic carbocycles. The summed E-state index contributed by atoms with van der Waals surface area (Å²) in [6, 6.07) is 0. The van der Waals surface area contributed by atoms with E-state index in [1.807, 2.05) is 23.5 Å². The number of oxime groups is 1. The third-order valence-electron chi connectivity index (χ3n) is 2.26. The van der Waals surface area contributed by atoms with Crippen LogP contribution in [-0.2, 0) is 4.84 Å². The van der Waals surface area contributed by atoms with Gasteiger partial charge in [0.05, 0.1) is 10.3 Å². The molecule has 1 N–H and O–H groups in total. The Kier molecular flexibility index (Phi) is 5.19. The van der Waals surface area contributed by atoms with E-state index in [9.17, 15) is 4.79 Å². The maximum atomic E-state index is 11.1. The van der Waals surface area contributed by atoms with Crippen LogP contribution >= 0.6 is 23.5 Å². The van der Waals surface area contributed by atoms with Crippen LogP contribution in [0.1, 0.15) is 27.7 Å². The number of hydrogen-bond donors (Lipinski definition) is 1. The summed E-state index contributed by atoms with van der Waals surface area (Å²) in [6.45, 7) is 8.47. The molecule has 1 aliphatic heterocycles. The highest BCUT2D eigenvalue weighted by Gasteiger charge is 2.34. The molecule has 1 aliphatic rings. The van der Waals surface area contributed by atoms with Gasteiger partial charge in [0, 0.05) is 23.5 Å². The van der Waals surface area contributed by atoms with Crippen LogP contribution in [0.2, 0.25) is 0 Å². The molecule has 0 spiro atoms. The number of nitrogens with one attached hydrogen (secondary N) is 1. The average molecular weight is 276 g/mol. The van der Waals surface area contributed by atoms with Crippen molar-refractivity contribution in [1.82, 2.24) is 5.32 Å². The Labute approximate surface area is 111 Å². The molecule has 0 aromatic carbocycles. The lowest BCUT2D eigenvalue weighted by Gasteiger charge is -2.24. The van der Waals surface area contributed by atoms with E-state index in [0.717, 1.165) is 11.5 Å². The average Bonchev–Trinajstić information content (AvgIpc) is 2.62. The van der Waals surface area contributed by atoms with Crippen LogP contribution in [0.15, 0.2) is 5.16 Å². The summed E-state index contributed by atoms with van der Waals surface area (Å²) < 4.78 is 0.287. The van der Waals surface area contributed by atoms with Crippen LogP contribution < -0.4 is 5.32 Å². The Morgan fingerprint density at radius 3 is 2.53 bits per heavy atom. The van der Waals surface area contributed by atoms with Crippen LogP contribution in [0.5, 0.6) is 0 Å². The second kappa shape index (κ2) is 6.00. The van der Waals surface area contributed by atoms with E-state index >= 15 is 0 Å². The Hall–Kier alpha value is -0.360. The van der Waals surface area contributed by atoms with Crippen molar-refractivity contribution in [2.45, 2.75) is 37.5 Å². The molecule has 17 heavy (non-hydrogen) atoms. The zero-order valence-electron chi connectivity index (χ0n) is 10.9. The molecule has 1 heterocycles. The lowest BCUT2D eigenvalue weighted by molar-refractivity contribution is 0.151. The summed E-state index contributed by atoms with van der Waals surface area (Å²) >= 11 is 3.75. The van der Waals surface area contributed by atoms with Crippen molar-refractivity contribution >= 4 is 35.3 Å². The molecule has 0 aromatic heterocycles. The number of nitrogens with zero attached hydrogens (tertiary/aromatic N) is 1. The van der Waals surface area contributed by atoms with Crippen molar-refractivity contribution in [2.75, 3.05) is 12.8 Å². The van der Waals surface area contributed by atoms with E-state index in [1.165, 1.54) is 7.05 Å². The number of amides is 1. The maximum absolute atomic E-state index is 11.1. The SMILES string of the molecule is CNC(=O)ON=C(C1SCC(C)S1)C(C)(C)C. The summed E-state index contributed by atoms with van der Waals surface area (Å²) in [4.78, 5) is 15.9. The van der Waals surface area contributed by atoms with E-state index in [4.69, 9.17) is 4.84 Å². The van der Waals surface area contributed by atoms with Gasteiger partial charge in [-0.3, -0.25) is 4.84 Å². The van der Waals surface area contributed by atoms with Gasteiger partial charge in [-0.2, -0.15) is 0 Å². The number of carbonyl (C=O) groups is 1. The molecule has 98 valence electrons. The molecule has 0 bridgehead atoms. The predicted molar refractivity (Wildman–Crippen MR) is 75.7 cm³/mol. The van der Waals surface area contributed by atoms with Gasteiger partial charge < -0.3 is 5.32 Å². The molecule has 0 radical (unpaired) electrons. The van der Waals surface area contributed by atoms with Gasteiger partial charge in [-0.1, -0.05) is 32.9 Å². The third kappa shape index (κ3) is 4.43. The van der Waals surface area contributed by atoms with Gasteiger partial charge in [-0.05, 0) is 0 Å². The van der Waals surface area contributed by atoms with E-state index in [0.29, 0.717) is 5.25 Å². The Balaban J connectivity index is 2.77. The zero-order valence-corrected chi connectivity index (χ0v) is 12.6. The monoisotopic (exact) mass is 276 g/mol. The minimum Gasteiger partial charge on any atom is -0.323 e. The van der Waals surface area contributed by atoms with Crippen molar-refractivity contribution in [3.05, 3.63) is 0 Å². The first-order valence-corrected chi connectivity index (χ1v) is 7.58. The predicted octanol–water partition coefficient (Wildman–Crippen LogP) is 2.94. The van der Waals surface area contributed by atoms with Gasteiger partial charge in [-0.15, -0.1) is 23.5 Å². The van der Waals surface area contributed by atoms with Gasteiger partial charge in [-0.25, -0.2) is 4.79 Å². The Morgan fingerprint density at radius 1 is 1.47 bits per heavy atom. The molecule has 1 amide bonds. The molecule has 1 saturated heterocycles. The third-order valence-corrected chi connectivity index (χ3v) is 5.53. The highest BCUT2D eigenvalue weighted by molar-refractivity contribution is 8.21. The lowest BCUT2D eigenvalue weighted by atomic mass is 9.91.